The van der Waals surface area contributed by atoms with Crippen LogP contribution in [-0.2, 0) is 15.0 Å². The predicted molar refractivity (Wildman–Crippen MR) is 110 cm³/mol. The molecule has 0 heterocycles. The monoisotopic (exact) mass is 443 g/mol. The van der Waals surface area contributed by atoms with Gasteiger partial charge in [0, 0.05) is 6.42 Å². The molecule has 0 aliphatic carbocycles. The highest BCUT2D eigenvalue weighted by Gasteiger charge is 2.15. The fourth-order valence-corrected chi connectivity index (χ4v) is 2.63. The SMILES string of the molecule is CC(C)CC(=O)NC(=S)NNC(=O)COc1ccc(C(C)(C)C)cc1Br. The second-order valence-electron chi connectivity index (χ2n) is 7.33. The van der Waals surface area contributed by atoms with Crippen LogP contribution in [0.3, 0.4) is 0 Å². The highest BCUT2D eigenvalue weighted by atomic mass is 79.9. The third kappa shape index (κ3) is 8.14. The van der Waals surface area contributed by atoms with E-state index in [1.165, 1.54) is 0 Å². The molecule has 0 saturated heterocycles. The van der Waals surface area contributed by atoms with E-state index in [1.54, 1.807) is 0 Å². The smallest absolute Gasteiger partial charge is 0.276 e. The van der Waals surface area contributed by atoms with E-state index in [0.29, 0.717) is 12.2 Å². The number of benzene rings is 1. The topological polar surface area (TPSA) is 79.5 Å². The third-order valence-electron chi connectivity index (χ3n) is 3.32. The fourth-order valence-electron chi connectivity index (χ4n) is 1.97. The fraction of sp³-hybridized carbons (Fsp3) is 0.500. The maximum atomic E-state index is 11.8. The normalized spacial score (nSPS) is 11.0. The van der Waals surface area contributed by atoms with Crippen LogP contribution in [0.25, 0.3) is 0 Å². The van der Waals surface area contributed by atoms with Crippen LogP contribution < -0.4 is 20.9 Å². The second kappa shape index (κ2) is 9.87. The zero-order valence-corrected chi connectivity index (χ0v) is 18.1. The van der Waals surface area contributed by atoms with Gasteiger partial charge in [-0.15, -0.1) is 0 Å². The molecule has 1 aromatic rings. The number of amides is 2. The summed E-state index contributed by atoms with van der Waals surface area (Å²) in [6, 6.07) is 5.77. The van der Waals surface area contributed by atoms with E-state index >= 15 is 0 Å². The Kier molecular flexibility index (Phi) is 8.49. The number of nitrogens with one attached hydrogen (secondary N) is 3. The van der Waals surface area contributed by atoms with Crippen molar-refractivity contribution in [1.82, 2.24) is 16.2 Å². The van der Waals surface area contributed by atoms with Gasteiger partial charge >= 0.3 is 0 Å². The van der Waals surface area contributed by atoms with E-state index in [0.717, 1.165) is 10.0 Å². The molecule has 6 nitrogen and oxygen atoms in total. The minimum absolute atomic E-state index is 0.0258. The lowest BCUT2D eigenvalue weighted by atomic mass is 9.87. The van der Waals surface area contributed by atoms with Crippen LogP contribution in [0, 0.1) is 5.92 Å². The molecule has 1 rings (SSSR count). The van der Waals surface area contributed by atoms with Gasteiger partial charge in [-0.05, 0) is 57.2 Å². The van der Waals surface area contributed by atoms with E-state index in [9.17, 15) is 9.59 Å². The molecule has 0 bridgehead atoms. The number of rotatable bonds is 5. The van der Waals surface area contributed by atoms with Crippen LogP contribution in [0.1, 0.15) is 46.6 Å². The molecule has 0 saturated carbocycles. The summed E-state index contributed by atoms with van der Waals surface area (Å²) < 4.78 is 6.28. The van der Waals surface area contributed by atoms with Gasteiger partial charge < -0.3 is 10.1 Å². The number of hydrazine groups is 1. The number of thiocarbonyl (C=S) groups is 1. The van der Waals surface area contributed by atoms with Gasteiger partial charge in [-0.25, -0.2) is 0 Å². The summed E-state index contributed by atoms with van der Waals surface area (Å²) in [5.41, 5.74) is 6.04. The Balaban J connectivity index is 2.43. The average molecular weight is 444 g/mol. The van der Waals surface area contributed by atoms with Crippen LogP contribution in [-0.4, -0.2) is 23.5 Å². The zero-order chi connectivity index (χ0) is 19.9. The van der Waals surface area contributed by atoms with Gasteiger partial charge in [-0.2, -0.15) is 0 Å². The maximum absolute atomic E-state index is 11.8. The Hall–Kier alpha value is -1.67. The lowest BCUT2D eigenvalue weighted by molar-refractivity contribution is -0.124. The molecule has 144 valence electrons. The summed E-state index contributed by atoms with van der Waals surface area (Å²) in [5.74, 6) is 0.174. The lowest BCUT2D eigenvalue weighted by Gasteiger charge is -2.20. The number of carbonyl (C=O) groups is 2. The van der Waals surface area contributed by atoms with Crippen molar-refractivity contribution >= 4 is 45.1 Å². The summed E-state index contributed by atoms with van der Waals surface area (Å²) in [4.78, 5) is 23.4. The number of carbonyl (C=O) groups excluding carboxylic acids is 2. The van der Waals surface area contributed by atoms with Gasteiger partial charge in [0.15, 0.2) is 11.7 Å². The Morgan fingerprint density at radius 3 is 2.38 bits per heavy atom. The number of hydrogen-bond donors (Lipinski definition) is 3. The number of halogens is 1. The van der Waals surface area contributed by atoms with Crippen molar-refractivity contribution in [3.8, 4) is 5.75 Å². The molecule has 0 unspecified atom stereocenters. The molecule has 0 fully saturated rings. The summed E-state index contributed by atoms with van der Waals surface area (Å²) in [5, 5.41) is 2.53. The second-order valence-corrected chi connectivity index (χ2v) is 8.59. The maximum Gasteiger partial charge on any atom is 0.276 e. The molecule has 0 aliphatic heterocycles. The minimum atomic E-state index is -0.419. The van der Waals surface area contributed by atoms with Gasteiger partial charge in [0.1, 0.15) is 5.75 Å². The zero-order valence-electron chi connectivity index (χ0n) is 15.7. The minimum Gasteiger partial charge on any atom is -0.483 e. The van der Waals surface area contributed by atoms with E-state index < -0.39 is 5.91 Å². The van der Waals surface area contributed by atoms with Gasteiger partial charge in [0.05, 0.1) is 4.47 Å². The van der Waals surface area contributed by atoms with Crippen molar-refractivity contribution in [3.05, 3.63) is 28.2 Å². The Bertz CT molecular complexity index is 672. The molecule has 0 spiro atoms. The molecule has 3 N–H and O–H groups in total. The van der Waals surface area contributed by atoms with E-state index in [-0.39, 0.29) is 29.0 Å². The van der Waals surface area contributed by atoms with Gasteiger partial charge in [0.25, 0.3) is 5.91 Å². The molecule has 2 amide bonds. The first-order valence-corrected chi connectivity index (χ1v) is 9.50. The molecular formula is C18H26BrN3O3S. The highest BCUT2D eigenvalue weighted by molar-refractivity contribution is 9.10. The summed E-state index contributed by atoms with van der Waals surface area (Å²) >= 11 is 8.40. The summed E-state index contributed by atoms with van der Waals surface area (Å²) in [6.45, 7) is 10.0. The third-order valence-corrected chi connectivity index (χ3v) is 4.14. The molecule has 1 aromatic carbocycles. The first-order valence-electron chi connectivity index (χ1n) is 8.30. The first-order chi connectivity index (χ1) is 12.0. The van der Waals surface area contributed by atoms with E-state index in [1.807, 2.05) is 32.0 Å². The summed E-state index contributed by atoms with van der Waals surface area (Å²) in [7, 11) is 0. The predicted octanol–water partition coefficient (Wildman–Crippen LogP) is 3.19. The van der Waals surface area contributed by atoms with Crippen molar-refractivity contribution in [2.45, 2.75) is 46.5 Å². The van der Waals surface area contributed by atoms with Crippen LogP contribution >= 0.6 is 28.1 Å². The van der Waals surface area contributed by atoms with Crippen molar-refractivity contribution in [1.29, 1.82) is 0 Å². The van der Waals surface area contributed by atoms with Crippen LogP contribution in [0.5, 0.6) is 5.75 Å². The Labute approximate surface area is 168 Å². The molecule has 0 aromatic heterocycles. The summed E-state index contributed by atoms with van der Waals surface area (Å²) in [6.07, 6.45) is 0.359. The first kappa shape index (κ1) is 22.4. The molecule has 0 atom stereocenters. The van der Waals surface area contributed by atoms with Gasteiger partial charge in [0.2, 0.25) is 5.91 Å². The lowest BCUT2D eigenvalue weighted by Crippen LogP contribution is -2.49. The van der Waals surface area contributed by atoms with Gasteiger partial charge in [-0.3, -0.25) is 20.4 Å². The Morgan fingerprint density at radius 1 is 1.19 bits per heavy atom. The molecular weight excluding hydrogens is 418 g/mol. The van der Waals surface area contributed by atoms with Gasteiger partial charge in [-0.1, -0.05) is 40.7 Å². The average Bonchev–Trinajstić information content (AvgIpc) is 2.49. The molecule has 26 heavy (non-hydrogen) atoms. The van der Waals surface area contributed by atoms with E-state index in [4.69, 9.17) is 17.0 Å². The highest BCUT2D eigenvalue weighted by Crippen LogP contribution is 2.31. The quantitative estimate of drug-likeness (QED) is 0.480. The van der Waals surface area contributed by atoms with Crippen molar-refractivity contribution in [2.75, 3.05) is 6.61 Å². The standard InChI is InChI=1S/C18H26BrN3O3S/c1-11(2)8-15(23)20-17(26)22-21-16(24)10-25-14-7-6-12(9-13(14)19)18(3,4)5/h6-7,9,11H,8,10H2,1-5H3,(H,21,24)(H2,20,22,23,26). The molecule has 8 heteroatoms. The van der Waals surface area contributed by atoms with Crippen LogP contribution in [0.2, 0.25) is 0 Å². The van der Waals surface area contributed by atoms with Crippen molar-refractivity contribution < 1.29 is 14.3 Å². The van der Waals surface area contributed by atoms with Crippen LogP contribution in [0.4, 0.5) is 0 Å². The molecule has 0 radical (unpaired) electrons. The van der Waals surface area contributed by atoms with Crippen LogP contribution in [0.15, 0.2) is 22.7 Å². The number of hydrogen-bond acceptors (Lipinski definition) is 4. The number of ether oxygens (including phenoxy) is 1. The van der Waals surface area contributed by atoms with E-state index in [2.05, 4.69) is 52.9 Å². The molecule has 0 aliphatic rings. The van der Waals surface area contributed by atoms with Crippen molar-refractivity contribution in [2.24, 2.45) is 5.92 Å². The Morgan fingerprint density at radius 2 is 1.85 bits per heavy atom. The van der Waals surface area contributed by atoms with Crippen molar-refractivity contribution in [3.63, 3.8) is 0 Å². The largest absolute Gasteiger partial charge is 0.483 e.